The first kappa shape index (κ1) is 17.1. The first-order valence-electron chi connectivity index (χ1n) is 7.66. The van der Waals surface area contributed by atoms with Gasteiger partial charge in [-0.05, 0) is 36.2 Å². The van der Waals surface area contributed by atoms with E-state index in [0.29, 0.717) is 11.3 Å². The van der Waals surface area contributed by atoms with Gasteiger partial charge in [0.1, 0.15) is 5.75 Å². The van der Waals surface area contributed by atoms with Crippen molar-refractivity contribution >= 4 is 11.6 Å². The van der Waals surface area contributed by atoms with Crippen LogP contribution in [0.5, 0.6) is 5.75 Å². The van der Waals surface area contributed by atoms with Crippen LogP contribution in [0, 0.1) is 11.3 Å². The van der Waals surface area contributed by atoms with Crippen molar-refractivity contribution < 1.29 is 9.53 Å². The van der Waals surface area contributed by atoms with E-state index in [0.717, 1.165) is 17.7 Å². The third-order valence-electron chi connectivity index (χ3n) is 3.18. The highest BCUT2D eigenvalue weighted by Gasteiger charge is 2.05. The minimum Gasteiger partial charge on any atom is -0.484 e. The van der Waals surface area contributed by atoms with Crippen LogP contribution in [-0.4, -0.2) is 12.5 Å². The Labute approximate surface area is 141 Å². The molecular weight excluding hydrogens is 302 g/mol. The van der Waals surface area contributed by atoms with Crippen LogP contribution >= 0.6 is 0 Å². The van der Waals surface area contributed by atoms with E-state index < -0.39 is 0 Å². The summed E-state index contributed by atoms with van der Waals surface area (Å²) in [7, 11) is 0. The molecule has 0 bridgehead atoms. The second kappa shape index (κ2) is 9.01. The number of benzene rings is 2. The lowest BCUT2D eigenvalue weighted by atomic mass is 10.1. The average Bonchev–Trinajstić information content (AvgIpc) is 2.64. The number of nitrogens with one attached hydrogen (secondary N) is 2. The molecule has 0 saturated heterocycles. The zero-order valence-corrected chi connectivity index (χ0v) is 13.5. The zero-order valence-electron chi connectivity index (χ0n) is 13.5. The fraction of sp³-hybridized carbons (Fsp3) is 0.158. The molecule has 0 aromatic heterocycles. The maximum Gasteiger partial charge on any atom is 0.276 e. The maximum absolute atomic E-state index is 11.9. The third-order valence-corrected chi connectivity index (χ3v) is 3.18. The summed E-state index contributed by atoms with van der Waals surface area (Å²) in [6.45, 7) is 1.91. The number of nitriles is 1. The number of rotatable bonds is 7. The van der Waals surface area contributed by atoms with Crippen molar-refractivity contribution in [2.24, 2.45) is 0 Å². The highest BCUT2D eigenvalue weighted by molar-refractivity contribution is 5.78. The molecule has 2 aromatic carbocycles. The van der Waals surface area contributed by atoms with Gasteiger partial charge in [-0.2, -0.15) is 5.26 Å². The van der Waals surface area contributed by atoms with Gasteiger partial charge in [0.2, 0.25) is 0 Å². The average molecular weight is 321 g/mol. The first-order chi connectivity index (χ1) is 11.7. The van der Waals surface area contributed by atoms with Gasteiger partial charge in [-0.3, -0.25) is 15.6 Å². The summed E-state index contributed by atoms with van der Waals surface area (Å²) in [5.74, 6) is 0.244. The van der Waals surface area contributed by atoms with Gasteiger partial charge in [-0.15, -0.1) is 0 Å². The largest absolute Gasteiger partial charge is 0.484 e. The fourth-order valence-corrected chi connectivity index (χ4v) is 2.01. The minimum absolute atomic E-state index is 0.118. The number of amides is 1. The van der Waals surface area contributed by atoms with E-state index in [1.165, 1.54) is 0 Å². The SMILES string of the molecule is CC/C=C(\NNC(=O)COc1ccc(C#N)cc1)c1ccccc1. The quantitative estimate of drug-likeness (QED) is 0.769. The molecule has 5 heteroatoms. The normalized spacial score (nSPS) is 10.6. The van der Waals surface area contributed by atoms with Crippen molar-refractivity contribution in [2.45, 2.75) is 13.3 Å². The molecule has 2 rings (SSSR count). The number of hydrogen-bond acceptors (Lipinski definition) is 4. The van der Waals surface area contributed by atoms with Crippen LogP contribution in [0.2, 0.25) is 0 Å². The second-order valence-corrected chi connectivity index (χ2v) is 4.99. The van der Waals surface area contributed by atoms with E-state index in [9.17, 15) is 4.79 Å². The lowest BCUT2D eigenvalue weighted by Crippen LogP contribution is -2.39. The third kappa shape index (κ3) is 5.18. The molecule has 0 heterocycles. The molecule has 0 saturated carbocycles. The Morgan fingerprint density at radius 1 is 1.12 bits per heavy atom. The molecule has 24 heavy (non-hydrogen) atoms. The van der Waals surface area contributed by atoms with Gasteiger partial charge in [-0.1, -0.05) is 43.3 Å². The van der Waals surface area contributed by atoms with E-state index in [2.05, 4.69) is 10.9 Å². The molecule has 1 amide bonds. The molecule has 2 N–H and O–H groups in total. The molecular formula is C19H19N3O2. The van der Waals surface area contributed by atoms with Gasteiger partial charge in [0, 0.05) is 0 Å². The second-order valence-electron chi connectivity index (χ2n) is 4.99. The highest BCUT2D eigenvalue weighted by atomic mass is 16.5. The number of ether oxygens (including phenoxy) is 1. The van der Waals surface area contributed by atoms with E-state index >= 15 is 0 Å². The number of nitrogens with zero attached hydrogens (tertiary/aromatic N) is 1. The molecule has 0 spiro atoms. The van der Waals surface area contributed by atoms with E-state index in [1.54, 1.807) is 24.3 Å². The smallest absolute Gasteiger partial charge is 0.276 e. The molecule has 0 aliphatic carbocycles. The van der Waals surface area contributed by atoms with Crippen molar-refractivity contribution in [3.8, 4) is 11.8 Å². The van der Waals surface area contributed by atoms with Crippen LogP contribution in [0.4, 0.5) is 0 Å². The number of allylic oxidation sites excluding steroid dienone is 1. The summed E-state index contributed by atoms with van der Waals surface area (Å²) in [5, 5.41) is 8.74. The Hall–Kier alpha value is -3.26. The standard InChI is InChI=1S/C19H19N3O2/c1-2-6-18(16-7-4-3-5-8-16)21-22-19(23)14-24-17-11-9-15(13-20)10-12-17/h3-12,21H,2,14H2,1H3,(H,22,23)/b18-6-. The Morgan fingerprint density at radius 2 is 1.83 bits per heavy atom. The highest BCUT2D eigenvalue weighted by Crippen LogP contribution is 2.12. The molecule has 0 aliphatic heterocycles. The van der Waals surface area contributed by atoms with E-state index in [4.69, 9.17) is 10.00 Å². The van der Waals surface area contributed by atoms with Crippen LogP contribution < -0.4 is 15.6 Å². The van der Waals surface area contributed by atoms with Gasteiger partial charge < -0.3 is 4.74 Å². The Morgan fingerprint density at radius 3 is 2.46 bits per heavy atom. The van der Waals surface area contributed by atoms with Gasteiger partial charge >= 0.3 is 0 Å². The van der Waals surface area contributed by atoms with Crippen LogP contribution in [0.25, 0.3) is 5.70 Å². The topological polar surface area (TPSA) is 74.2 Å². The molecule has 0 aliphatic rings. The van der Waals surface area contributed by atoms with Gasteiger partial charge in [0.15, 0.2) is 6.61 Å². The molecule has 5 nitrogen and oxygen atoms in total. The van der Waals surface area contributed by atoms with Gasteiger partial charge in [0.25, 0.3) is 5.91 Å². The first-order valence-corrected chi connectivity index (χ1v) is 7.66. The number of carbonyl (C=O) groups is 1. The van der Waals surface area contributed by atoms with Crippen molar-refractivity contribution in [3.63, 3.8) is 0 Å². The molecule has 0 radical (unpaired) electrons. The van der Waals surface area contributed by atoms with Crippen molar-refractivity contribution in [3.05, 3.63) is 71.8 Å². The Balaban J connectivity index is 1.85. The summed E-state index contributed by atoms with van der Waals surface area (Å²) in [6, 6.07) is 18.4. The van der Waals surface area contributed by atoms with Gasteiger partial charge in [-0.25, -0.2) is 0 Å². The van der Waals surface area contributed by atoms with E-state index in [1.807, 2.05) is 49.4 Å². The Kier molecular flexibility index (Phi) is 6.42. The van der Waals surface area contributed by atoms with E-state index in [-0.39, 0.29) is 12.5 Å². The molecule has 0 fully saturated rings. The zero-order chi connectivity index (χ0) is 17.2. The van der Waals surface area contributed by atoms with Crippen molar-refractivity contribution in [1.82, 2.24) is 10.9 Å². The maximum atomic E-state index is 11.9. The molecule has 0 atom stereocenters. The van der Waals surface area contributed by atoms with Crippen LogP contribution in [0.15, 0.2) is 60.7 Å². The summed E-state index contributed by atoms with van der Waals surface area (Å²) in [4.78, 5) is 11.9. The number of hydrogen-bond donors (Lipinski definition) is 2. The van der Waals surface area contributed by atoms with Gasteiger partial charge in [0.05, 0.1) is 17.3 Å². The van der Waals surface area contributed by atoms with Crippen LogP contribution in [-0.2, 0) is 4.79 Å². The van der Waals surface area contributed by atoms with Crippen molar-refractivity contribution in [1.29, 1.82) is 5.26 Å². The summed E-state index contributed by atoms with van der Waals surface area (Å²) >= 11 is 0. The predicted molar refractivity (Wildman–Crippen MR) is 92.6 cm³/mol. The lowest BCUT2D eigenvalue weighted by molar-refractivity contribution is -0.123. The summed E-state index contributed by atoms with van der Waals surface area (Å²) < 4.78 is 5.38. The molecule has 122 valence electrons. The van der Waals surface area contributed by atoms with Crippen molar-refractivity contribution in [2.75, 3.05) is 6.61 Å². The van der Waals surface area contributed by atoms with Crippen LogP contribution in [0.1, 0.15) is 24.5 Å². The number of hydrazine groups is 1. The summed E-state index contributed by atoms with van der Waals surface area (Å²) in [5.41, 5.74) is 7.93. The fourth-order valence-electron chi connectivity index (χ4n) is 2.01. The molecule has 2 aromatic rings. The monoisotopic (exact) mass is 321 g/mol. The number of carbonyl (C=O) groups excluding carboxylic acids is 1. The summed E-state index contributed by atoms with van der Waals surface area (Å²) in [6.07, 6.45) is 2.84. The minimum atomic E-state index is -0.294. The van der Waals surface area contributed by atoms with Crippen LogP contribution in [0.3, 0.4) is 0 Å². The molecule has 0 unspecified atom stereocenters. The lowest BCUT2D eigenvalue weighted by Gasteiger charge is -2.13. The Bertz CT molecular complexity index is 731. The predicted octanol–water partition coefficient (Wildman–Crippen LogP) is 3.01.